The van der Waals surface area contributed by atoms with Crippen molar-refractivity contribution in [2.45, 2.75) is 110 Å². The van der Waals surface area contributed by atoms with E-state index in [2.05, 4.69) is 6.92 Å². The third kappa shape index (κ3) is 85.0. The molecule has 24 nitrogen and oxygen atoms in total. The first-order valence-corrected chi connectivity index (χ1v) is 33.9. The van der Waals surface area contributed by atoms with Gasteiger partial charge in [-0.15, -0.1) is 0 Å². The van der Waals surface area contributed by atoms with Crippen LogP contribution >= 0.6 is 0 Å². The maximum atomic E-state index is 5.71. The van der Waals surface area contributed by atoms with Crippen LogP contribution in [0.2, 0.25) is 0 Å². The fourth-order valence-corrected chi connectivity index (χ4v) is 7.78. The predicted octanol–water partition coefficient (Wildman–Crippen LogP) is 6.59. The summed E-state index contributed by atoms with van der Waals surface area (Å²) in [7, 11) is 0. The van der Waals surface area contributed by atoms with E-state index in [-0.39, 0.29) is 0 Å². The molecule has 24 heteroatoms. The van der Waals surface area contributed by atoms with Crippen molar-refractivity contribution in [2.24, 2.45) is 5.73 Å². The van der Waals surface area contributed by atoms with Crippen molar-refractivity contribution in [3.05, 3.63) is 0 Å². The smallest absolute Gasteiger partial charge is 0.0701 e. The average Bonchev–Trinajstić information content (AvgIpc) is 3.54. The van der Waals surface area contributed by atoms with Gasteiger partial charge in [0, 0.05) is 13.2 Å². The summed E-state index contributed by atoms with van der Waals surface area (Å²) in [6.45, 7) is 26.6. The Kier molecular flexibility index (Phi) is 85.1. The summed E-state index contributed by atoms with van der Waals surface area (Å²) in [5.41, 5.74) is 5.35. The summed E-state index contributed by atoms with van der Waals surface area (Å²) >= 11 is 0. The minimum absolute atomic E-state index is 0.489. The highest BCUT2D eigenvalue weighted by Gasteiger charge is 2.02. The summed E-state index contributed by atoms with van der Waals surface area (Å²) in [5, 5.41) is 0. The number of hydrogen-bond acceptors (Lipinski definition) is 24. The molecule has 0 aliphatic heterocycles. The molecule has 0 bridgehead atoms. The zero-order valence-electron chi connectivity index (χ0n) is 55.5. The van der Waals surface area contributed by atoms with E-state index in [0.717, 1.165) is 13.0 Å². The summed E-state index contributed by atoms with van der Waals surface area (Å²) in [6, 6.07) is 0. The molecule has 0 heterocycles. The van der Waals surface area contributed by atoms with Gasteiger partial charge in [-0.05, 0) is 6.42 Å². The fourth-order valence-electron chi connectivity index (χ4n) is 7.78. The second-order valence-corrected chi connectivity index (χ2v) is 20.2. The van der Waals surface area contributed by atoms with Crippen LogP contribution in [-0.2, 0) is 109 Å². The maximum Gasteiger partial charge on any atom is 0.0701 e. The minimum Gasteiger partial charge on any atom is -0.379 e. The Labute approximate surface area is 533 Å². The third-order valence-electron chi connectivity index (χ3n) is 12.6. The van der Waals surface area contributed by atoms with Crippen molar-refractivity contribution >= 4 is 0 Å². The van der Waals surface area contributed by atoms with Crippen LogP contribution in [0.1, 0.15) is 110 Å². The number of unbranched alkanes of at least 4 members (excludes halogenated alkanes) is 15. The molecule has 0 amide bonds. The topological polar surface area (TPSA) is 238 Å². The molecule has 530 valence electrons. The monoisotopic (exact) mass is 1280 g/mol. The van der Waals surface area contributed by atoms with Crippen LogP contribution < -0.4 is 5.73 Å². The van der Waals surface area contributed by atoms with Crippen LogP contribution in [0.15, 0.2) is 0 Å². The van der Waals surface area contributed by atoms with E-state index < -0.39 is 0 Å². The zero-order chi connectivity index (χ0) is 62.8. The lowest BCUT2D eigenvalue weighted by atomic mass is 10.0. The molecule has 0 aromatic heterocycles. The van der Waals surface area contributed by atoms with Crippen molar-refractivity contribution in [3.8, 4) is 0 Å². The quantitative estimate of drug-likeness (QED) is 0.0632. The van der Waals surface area contributed by atoms with Gasteiger partial charge in [-0.1, -0.05) is 103 Å². The van der Waals surface area contributed by atoms with Gasteiger partial charge >= 0.3 is 0 Å². The van der Waals surface area contributed by atoms with Gasteiger partial charge in [0.05, 0.1) is 297 Å². The van der Waals surface area contributed by atoms with Gasteiger partial charge in [-0.3, -0.25) is 0 Å². The van der Waals surface area contributed by atoms with E-state index in [9.17, 15) is 0 Å². The molecule has 0 aromatic carbocycles. The van der Waals surface area contributed by atoms with Gasteiger partial charge in [0.2, 0.25) is 0 Å². The summed E-state index contributed by atoms with van der Waals surface area (Å²) in [4.78, 5) is 0. The minimum atomic E-state index is 0.489. The maximum absolute atomic E-state index is 5.71. The molecule has 0 fully saturated rings. The lowest BCUT2D eigenvalue weighted by molar-refractivity contribution is -0.0318. The van der Waals surface area contributed by atoms with Crippen LogP contribution in [-0.4, -0.2) is 310 Å². The Morgan fingerprint density at radius 3 is 0.352 bits per heavy atom. The number of nitrogens with two attached hydrogens (primary N) is 1. The van der Waals surface area contributed by atoms with Gasteiger partial charge in [0.1, 0.15) is 0 Å². The third-order valence-corrected chi connectivity index (χ3v) is 12.6. The molecule has 0 radical (unpaired) electrons. The average molecular weight is 1280 g/mol. The van der Waals surface area contributed by atoms with E-state index >= 15 is 0 Å². The largest absolute Gasteiger partial charge is 0.379 e. The Morgan fingerprint density at radius 1 is 0.125 bits per heavy atom. The molecule has 88 heavy (non-hydrogen) atoms. The molecule has 0 saturated heterocycles. The van der Waals surface area contributed by atoms with Gasteiger partial charge in [-0.2, -0.15) is 0 Å². The molecule has 0 unspecified atom stereocenters. The van der Waals surface area contributed by atoms with Gasteiger partial charge in [-0.25, -0.2) is 0 Å². The second kappa shape index (κ2) is 86.0. The van der Waals surface area contributed by atoms with Crippen molar-refractivity contribution in [1.29, 1.82) is 0 Å². The van der Waals surface area contributed by atoms with E-state index in [0.29, 0.717) is 304 Å². The lowest BCUT2D eigenvalue weighted by Gasteiger charge is -2.09. The van der Waals surface area contributed by atoms with Crippen molar-refractivity contribution in [2.75, 3.05) is 310 Å². The second-order valence-electron chi connectivity index (χ2n) is 20.2. The first-order valence-electron chi connectivity index (χ1n) is 33.9. The standard InChI is InChI=1S/C64H131NO23/c1-2-3-4-5-6-7-8-9-10-11-12-13-14-15-16-17-19-66-21-23-68-25-27-70-29-31-72-33-35-74-37-39-76-41-43-78-45-47-80-49-51-82-53-55-84-57-59-86-61-63-88-64-62-87-60-58-85-56-54-83-52-50-81-48-46-79-44-42-77-40-38-75-36-34-73-32-30-71-28-26-69-24-22-67-20-18-65/h2-65H2,1H3. The first kappa shape index (κ1) is 87.0. The number of hydrogen-bond donors (Lipinski definition) is 1. The highest BCUT2D eigenvalue weighted by Crippen LogP contribution is 2.14. The molecule has 0 saturated carbocycles. The van der Waals surface area contributed by atoms with Crippen molar-refractivity contribution < 1.29 is 109 Å². The summed E-state index contributed by atoms with van der Waals surface area (Å²) in [6.07, 6.45) is 22.1. The van der Waals surface area contributed by atoms with E-state index in [1.165, 1.54) is 96.3 Å². The molecule has 0 aromatic rings. The van der Waals surface area contributed by atoms with Crippen molar-refractivity contribution in [3.63, 3.8) is 0 Å². The van der Waals surface area contributed by atoms with Gasteiger partial charge < -0.3 is 115 Å². The van der Waals surface area contributed by atoms with E-state index in [4.69, 9.17) is 115 Å². The predicted molar refractivity (Wildman–Crippen MR) is 337 cm³/mol. The highest BCUT2D eigenvalue weighted by atomic mass is 16.6. The van der Waals surface area contributed by atoms with Crippen molar-refractivity contribution in [1.82, 2.24) is 0 Å². The Balaban J connectivity index is 3.08. The molecule has 0 spiro atoms. The van der Waals surface area contributed by atoms with E-state index in [1.54, 1.807) is 0 Å². The van der Waals surface area contributed by atoms with Crippen LogP contribution in [0.5, 0.6) is 0 Å². The van der Waals surface area contributed by atoms with Gasteiger partial charge in [0.25, 0.3) is 0 Å². The SMILES string of the molecule is CCCCCCCCCCCCCCCCCCOCCOCCOCCOCCOCCOCCOCCOCCOCCOCCOCCOCCOCCOCCOCCOCCOCCOCCOCCOCCOCCOCCOCCN. The molecular formula is C64H131NO23. The Hall–Kier alpha value is -0.960. The molecule has 2 N–H and O–H groups in total. The molecule has 0 atom stereocenters. The highest BCUT2D eigenvalue weighted by molar-refractivity contribution is 4.51. The fraction of sp³-hybridized carbons (Fsp3) is 1.00. The number of rotatable bonds is 85. The lowest BCUT2D eigenvalue weighted by Crippen LogP contribution is -2.16. The molecular weight excluding hydrogens is 1150 g/mol. The first-order chi connectivity index (χ1) is 43.9. The van der Waals surface area contributed by atoms with Crippen LogP contribution in [0.25, 0.3) is 0 Å². The number of ether oxygens (including phenoxy) is 23. The Morgan fingerprint density at radius 2 is 0.227 bits per heavy atom. The Bertz CT molecular complexity index is 1100. The van der Waals surface area contributed by atoms with Crippen LogP contribution in [0, 0.1) is 0 Å². The van der Waals surface area contributed by atoms with Crippen LogP contribution in [0.4, 0.5) is 0 Å². The summed E-state index contributed by atoms with van der Waals surface area (Å²) < 4.78 is 127. The molecule has 0 rings (SSSR count). The molecule has 0 aliphatic carbocycles. The van der Waals surface area contributed by atoms with Crippen LogP contribution in [0.3, 0.4) is 0 Å². The molecule has 0 aliphatic rings. The summed E-state index contributed by atoms with van der Waals surface area (Å²) in [5.74, 6) is 0. The van der Waals surface area contributed by atoms with E-state index in [1.807, 2.05) is 0 Å². The zero-order valence-corrected chi connectivity index (χ0v) is 55.5. The normalized spacial score (nSPS) is 11.8. The van der Waals surface area contributed by atoms with Gasteiger partial charge in [0.15, 0.2) is 0 Å².